The van der Waals surface area contributed by atoms with Gasteiger partial charge >= 0.3 is 0 Å². The highest BCUT2D eigenvalue weighted by Gasteiger charge is 2.22. The quantitative estimate of drug-likeness (QED) is 0.774. The summed E-state index contributed by atoms with van der Waals surface area (Å²) in [5, 5.41) is 2.97. The monoisotopic (exact) mass is 358 g/mol. The zero-order chi connectivity index (χ0) is 18.7. The van der Waals surface area contributed by atoms with Crippen LogP contribution in [0.15, 0.2) is 16.7 Å². The number of hydrogen-bond acceptors (Lipinski definition) is 5. The van der Waals surface area contributed by atoms with Gasteiger partial charge in [-0.1, -0.05) is 0 Å². The van der Waals surface area contributed by atoms with Gasteiger partial charge in [-0.25, -0.2) is 4.98 Å². The first-order valence-corrected chi connectivity index (χ1v) is 9.05. The summed E-state index contributed by atoms with van der Waals surface area (Å²) in [5.74, 6) is 1.91. The predicted molar refractivity (Wildman–Crippen MR) is 97.1 cm³/mol. The molecule has 1 saturated heterocycles. The molecule has 0 bridgehead atoms. The van der Waals surface area contributed by atoms with E-state index in [-0.39, 0.29) is 11.7 Å². The highest BCUT2D eigenvalue weighted by Crippen LogP contribution is 2.19. The fourth-order valence-electron chi connectivity index (χ4n) is 3.21. The summed E-state index contributed by atoms with van der Waals surface area (Å²) < 4.78 is 5.65. The molecule has 1 fully saturated rings. The normalized spacial score (nSPS) is 16.0. The predicted octanol–water partition coefficient (Wildman–Crippen LogP) is 2.46. The van der Waals surface area contributed by atoms with Gasteiger partial charge in [-0.05, 0) is 58.7 Å². The molecule has 2 aromatic heterocycles. The zero-order valence-electron chi connectivity index (χ0n) is 15.6. The van der Waals surface area contributed by atoms with Crippen molar-refractivity contribution in [3.05, 3.63) is 40.9 Å². The third-order valence-electron chi connectivity index (χ3n) is 5.02. The topological polar surface area (TPSA) is 91.2 Å². The third kappa shape index (κ3) is 4.40. The van der Waals surface area contributed by atoms with E-state index in [1.165, 1.54) is 6.92 Å². The molecule has 0 aliphatic carbocycles. The Morgan fingerprint density at radius 3 is 2.65 bits per heavy atom. The van der Waals surface area contributed by atoms with Gasteiger partial charge in [0.05, 0.1) is 12.2 Å². The van der Waals surface area contributed by atoms with Crippen molar-refractivity contribution in [2.75, 3.05) is 19.6 Å². The molecule has 2 N–H and O–H groups in total. The molecule has 0 spiro atoms. The largest absolute Gasteiger partial charge is 0.444 e. The van der Waals surface area contributed by atoms with Gasteiger partial charge < -0.3 is 14.7 Å². The summed E-state index contributed by atoms with van der Waals surface area (Å²) >= 11 is 0. The lowest BCUT2D eigenvalue weighted by molar-refractivity contribution is 0.0929. The molecule has 3 rings (SSSR count). The maximum atomic E-state index is 12.2. The van der Waals surface area contributed by atoms with E-state index >= 15 is 0 Å². The lowest BCUT2D eigenvalue weighted by Crippen LogP contribution is -2.38. The van der Waals surface area contributed by atoms with Gasteiger partial charge in [0.1, 0.15) is 11.5 Å². The van der Waals surface area contributed by atoms with Crippen molar-refractivity contribution < 1.29 is 14.0 Å². The zero-order valence-corrected chi connectivity index (χ0v) is 15.6. The number of aryl methyl sites for hydroxylation is 2. The molecule has 140 valence electrons. The Morgan fingerprint density at radius 2 is 2.08 bits per heavy atom. The smallest absolute Gasteiger partial charge is 0.267 e. The number of likely N-dealkylation sites (tertiary alicyclic amines) is 1. The number of nitrogens with one attached hydrogen (secondary N) is 2. The van der Waals surface area contributed by atoms with Crippen molar-refractivity contribution in [2.45, 2.75) is 40.2 Å². The number of H-pyrrole nitrogens is 1. The molecule has 2 aromatic rings. The van der Waals surface area contributed by atoms with Crippen LogP contribution in [0.3, 0.4) is 0 Å². The molecule has 0 aromatic carbocycles. The minimum absolute atomic E-state index is 0.0518. The number of carbonyl (C=O) groups excluding carboxylic acids is 2. The van der Waals surface area contributed by atoms with E-state index < -0.39 is 0 Å². The van der Waals surface area contributed by atoms with Crippen LogP contribution in [0.2, 0.25) is 0 Å². The van der Waals surface area contributed by atoms with E-state index in [1.54, 1.807) is 12.3 Å². The van der Waals surface area contributed by atoms with Crippen molar-refractivity contribution in [1.29, 1.82) is 0 Å². The Labute approximate surface area is 153 Å². The Morgan fingerprint density at radius 1 is 1.35 bits per heavy atom. The minimum Gasteiger partial charge on any atom is -0.444 e. The van der Waals surface area contributed by atoms with E-state index in [9.17, 15) is 9.59 Å². The molecule has 3 heterocycles. The van der Waals surface area contributed by atoms with Gasteiger partial charge in [0, 0.05) is 18.3 Å². The summed E-state index contributed by atoms with van der Waals surface area (Å²) in [4.78, 5) is 33.1. The second-order valence-corrected chi connectivity index (χ2v) is 7.04. The van der Waals surface area contributed by atoms with E-state index in [4.69, 9.17) is 4.42 Å². The van der Waals surface area contributed by atoms with E-state index in [1.807, 2.05) is 13.8 Å². The standard InChI is InChI=1S/C19H26N4O3/c1-12-14(3)26-18(22-12)11-23-6-4-15(5-7-23)9-21-19(25)17-8-16(10-20-17)13(2)24/h8,10,15,20H,4-7,9,11H2,1-3H3,(H,21,25). The molecular weight excluding hydrogens is 332 g/mol. The molecule has 1 aliphatic rings. The first kappa shape index (κ1) is 18.4. The maximum absolute atomic E-state index is 12.2. The average Bonchev–Trinajstić information content (AvgIpc) is 3.22. The summed E-state index contributed by atoms with van der Waals surface area (Å²) in [6.07, 6.45) is 3.63. The van der Waals surface area contributed by atoms with Crippen LogP contribution in [0.4, 0.5) is 0 Å². The van der Waals surface area contributed by atoms with E-state index in [0.717, 1.165) is 49.8 Å². The number of aromatic amines is 1. The van der Waals surface area contributed by atoms with Crippen LogP contribution in [0.5, 0.6) is 0 Å². The third-order valence-corrected chi connectivity index (χ3v) is 5.02. The van der Waals surface area contributed by atoms with E-state index in [2.05, 4.69) is 20.2 Å². The van der Waals surface area contributed by atoms with Gasteiger partial charge in [-0.3, -0.25) is 14.5 Å². The van der Waals surface area contributed by atoms with Crippen LogP contribution in [-0.4, -0.2) is 46.2 Å². The Kier molecular flexibility index (Phi) is 5.56. The highest BCUT2D eigenvalue weighted by molar-refractivity contribution is 5.99. The first-order valence-electron chi connectivity index (χ1n) is 9.05. The van der Waals surface area contributed by atoms with Crippen molar-refractivity contribution in [3.63, 3.8) is 0 Å². The van der Waals surface area contributed by atoms with Crippen LogP contribution in [0.25, 0.3) is 0 Å². The van der Waals surface area contributed by atoms with Crippen molar-refractivity contribution in [2.24, 2.45) is 5.92 Å². The van der Waals surface area contributed by atoms with Gasteiger partial charge in [0.15, 0.2) is 5.78 Å². The second-order valence-electron chi connectivity index (χ2n) is 7.04. The van der Waals surface area contributed by atoms with Crippen LogP contribution in [0, 0.1) is 19.8 Å². The molecule has 0 saturated carbocycles. The first-order chi connectivity index (χ1) is 12.4. The number of aromatic nitrogens is 2. The molecule has 7 nitrogen and oxygen atoms in total. The summed E-state index contributed by atoms with van der Waals surface area (Å²) in [5.41, 5.74) is 1.91. The fraction of sp³-hybridized carbons (Fsp3) is 0.526. The second kappa shape index (κ2) is 7.86. The molecular formula is C19H26N4O3. The molecule has 1 amide bonds. The average molecular weight is 358 g/mol. The van der Waals surface area contributed by atoms with Crippen LogP contribution in [-0.2, 0) is 6.54 Å². The highest BCUT2D eigenvalue weighted by atomic mass is 16.4. The maximum Gasteiger partial charge on any atom is 0.267 e. The minimum atomic E-state index is -0.161. The van der Waals surface area contributed by atoms with Crippen LogP contribution < -0.4 is 5.32 Å². The lowest BCUT2D eigenvalue weighted by atomic mass is 9.97. The van der Waals surface area contributed by atoms with Crippen molar-refractivity contribution >= 4 is 11.7 Å². The van der Waals surface area contributed by atoms with Gasteiger partial charge in [0.25, 0.3) is 5.91 Å². The van der Waals surface area contributed by atoms with E-state index in [0.29, 0.717) is 23.7 Å². The number of ketones is 1. The Bertz CT molecular complexity index is 765. The molecule has 0 radical (unpaired) electrons. The summed E-state index contributed by atoms with van der Waals surface area (Å²) in [6, 6.07) is 1.60. The fourth-order valence-corrected chi connectivity index (χ4v) is 3.21. The number of hydrogen-bond donors (Lipinski definition) is 2. The number of oxazole rings is 1. The lowest BCUT2D eigenvalue weighted by Gasteiger charge is -2.31. The molecule has 26 heavy (non-hydrogen) atoms. The number of nitrogens with zero attached hydrogens (tertiary/aromatic N) is 2. The van der Waals surface area contributed by atoms with Crippen molar-refractivity contribution in [3.8, 4) is 0 Å². The molecule has 1 aliphatic heterocycles. The van der Waals surface area contributed by atoms with Gasteiger partial charge in [0.2, 0.25) is 5.89 Å². The summed E-state index contributed by atoms with van der Waals surface area (Å²) in [6.45, 7) is 8.71. The van der Waals surface area contributed by atoms with Crippen LogP contribution in [0.1, 0.15) is 58.0 Å². The van der Waals surface area contributed by atoms with Gasteiger partial charge in [-0.2, -0.15) is 0 Å². The number of amides is 1. The number of Topliss-reactive ketones (excluding diaryl/α,β-unsaturated/α-hetero) is 1. The van der Waals surface area contributed by atoms with Crippen molar-refractivity contribution in [1.82, 2.24) is 20.2 Å². The van der Waals surface area contributed by atoms with Gasteiger partial charge in [-0.15, -0.1) is 0 Å². The summed E-state index contributed by atoms with van der Waals surface area (Å²) in [7, 11) is 0. The number of piperidine rings is 1. The SMILES string of the molecule is CC(=O)c1c[nH]c(C(=O)NCC2CCN(Cc3nc(C)c(C)o3)CC2)c1. The molecule has 0 unspecified atom stereocenters. The Balaban J connectivity index is 1.42. The number of rotatable bonds is 6. The van der Waals surface area contributed by atoms with Crippen LogP contribution >= 0.6 is 0 Å². The Hall–Kier alpha value is -2.41. The molecule has 0 atom stereocenters. The number of carbonyl (C=O) groups is 2. The molecule has 7 heteroatoms.